The summed E-state index contributed by atoms with van der Waals surface area (Å²) >= 11 is 0. The first kappa shape index (κ1) is 20.0. The fourth-order valence-corrected chi connectivity index (χ4v) is 4.53. The molecule has 3 N–H and O–H groups in total. The molecule has 0 atom stereocenters. The predicted octanol–water partition coefficient (Wildman–Crippen LogP) is 1.10. The number of sulfonamides is 1. The van der Waals surface area contributed by atoms with E-state index in [-0.39, 0.29) is 41.2 Å². The van der Waals surface area contributed by atoms with Gasteiger partial charge in [0.2, 0.25) is 5.91 Å². The summed E-state index contributed by atoms with van der Waals surface area (Å²) in [5.74, 6) is -0.557. The number of anilines is 1. The van der Waals surface area contributed by atoms with Crippen LogP contribution in [0.4, 0.5) is 10.5 Å². The lowest BCUT2D eigenvalue weighted by molar-refractivity contribution is -0.125. The highest BCUT2D eigenvalue weighted by Crippen LogP contribution is 2.20. The number of nitrogens with zero attached hydrogens (tertiary/aromatic N) is 2. The zero-order chi connectivity index (χ0) is 21.3. The van der Waals surface area contributed by atoms with Crippen molar-refractivity contribution in [3.8, 4) is 0 Å². The third-order valence-electron chi connectivity index (χ3n) is 5.05. The van der Waals surface area contributed by atoms with Gasteiger partial charge in [-0.1, -0.05) is 12.1 Å². The van der Waals surface area contributed by atoms with Crippen LogP contribution < -0.4 is 10.0 Å². The topological polar surface area (TPSA) is 132 Å². The maximum absolute atomic E-state index is 12.7. The van der Waals surface area contributed by atoms with E-state index < -0.39 is 16.1 Å². The summed E-state index contributed by atoms with van der Waals surface area (Å²) in [6.45, 7) is 1.33. The second-order valence-corrected chi connectivity index (χ2v) is 8.88. The molecule has 2 saturated heterocycles. The highest BCUT2D eigenvalue weighted by Gasteiger charge is 2.28. The Morgan fingerprint density at radius 1 is 1.13 bits per heavy atom. The van der Waals surface area contributed by atoms with Crippen LogP contribution in [0.25, 0.3) is 0 Å². The molecule has 4 rings (SSSR count). The normalized spacial score (nSPS) is 16.8. The molecule has 2 aliphatic rings. The lowest BCUT2D eigenvalue weighted by atomic mass is 10.2. The molecule has 2 aliphatic heterocycles. The number of carbonyl (C=O) groups excluding carboxylic acids is 3. The summed E-state index contributed by atoms with van der Waals surface area (Å²) in [6, 6.07) is 7.29. The van der Waals surface area contributed by atoms with E-state index in [0.717, 1.165) is 17.7 Å². The molecule has 1 aromatic heterocycles. The van der Waals surface area contributed by atoms with Gasteiger partial charge in [-0.2, -0.15) is 0 Å². The molecule has 0 unspecified atom stereocenters. The van der Waals surface area contributed by atoms with Crippen molar-refractivity contribution in [3.05, 3.63) is 47.8 Å². The average Bonchev–Trinajstić information content (AvgIpc) is 3.46. The van der Waals surface area contributed by atoms with Crippen molar-refractivity contribution in [2.24, 2.45) is 0 Å². The van der Waals surface area contributed by atoms with E-state index in [9.17, 15) is 22.8 Å². The van der Waals surface area contributed by atoms with Gasteiger partial charge >= 0.3 is 6.03 Å². The quantitative estimate of drug-likeness (QED) is 0.590. The minimum atomic E-state index is -3.93. The number of amides is 4. The molecule has 11 heteroatoms. The predicted molar refractivity (Wildman–Crippen MR) is 107 cm³/mol. The lowest BCUT2D eigenvalue weighted by Crippen LogP contribution is -2.30. The van der Waals surface area contributed by atoms with Crippen LogP contribution in [0.2, 0.25) is 0 Å². The molecule has 158 valence electrons. The number of aromatic amines is 1. The molecule has 2 fully saturated rings. The molecule has 2 aromatic rings. The van der Waals surface area contributed by atoms with Gasteiger partial charge in [-0.25, -0.2) is 13.2 Å². The smallest absolute Gasteiger partial charge is 0.324 e. The Morgan fingerprint density at radius 2 is 1.90 bits per heavy atom. The number of nitrogens with one attached hydrogen (secondary N) is 3. The van der Waals surface area contributed by atoms with E-state index in [1.54, 1.807) is 29.2 Å². The van der Waals surface area contributed by atoms with Crippen molar-refractivity contribution in [1.82, 2.24) is 20.1 Å². The summed E-state index contributed by atoms with van der Waals surface area (Å²) < 4.78 is 27.9. The second-order valence-electron chi connectivity index (χ2n) is 7.19. The van der Waals surface area contributed by atoms with Gasteiger partial charge < -0.3 is 15.2 Å². The Hall–Kier alpha value is -3.34. The minimum absolute atomic E-state index is 0.0405. The number of carbonyl (C=O) groups is 3. The van der Waals surface area contributed by atoms with Crippen molar-refractivity contribution in [2.45, 2.75) is 24.3 Å². The van der Waals surface area contributed by atoms with Crippen molar-refractivity contribution >= 4 is 33.6 Å². The molecule has 0 aliphatic carbocycles. The van der Waals surface area contributed by atoms with Crippen molar-refractivity contribution in [2.75, 3.05) is 24.4 Å². The summed E-state index contributed by atoms with van der Waals surface area (Å²) in [7, 11) is -3.93. The maximum Gasteiger partial charge on any atom is 0.324 e. The van der Waals surface area contributed by atoms with Gasteiger partial charge in [0.25, 0.3) is 15.9 Å². The summed E-state index contributed by atoms with van der Waals surface area (Å²) in [4.78, 5) is 41.3. The van der Waals surface area contributed by atoms with Gasteiger partial charge in [-0.15, -0.1) is 0 Å². The number of likely N-dealkylation sites (tertiary alicyclic amines) is 1. The van der Waals surface area contributed by atoms with Crippen LogP contribution in [0.3, 0.4) is 0 Å². The molecular formula is C19H21N5O5S. The summed E-state index contributed by atoms with van der Waals surface area (Å²) in [6.07, 6.45) is 3.17. The van der Waals surface area contributed by atoms with Crippen LogP contribution in [0.15, 0.2) is 41.4 Å². The fraction of sp³-hybridized carbons (Fsp3) is 0.316. The monoisotopic (exact) mass is 431 g/mol. The first-order valence-corrected chi connectivity index (χ1v) is 11.0. The van der Waals surface area contributed by atoms with Crippen molar-refractivity contribution in [1.29, 1.82) is 0 Å². The molecule has 0 saturated carbocycles. The molecule has 3 heterocycles. The molecule has 4 amide bonds. The van der Waals surface area contributed by atoms with Gasteiger partial charge in [-0.05, 0) is 36.6 Å². The lowest BCUT2D eigenvalue weighted by Gasteiger charge is -2.14. The third kappa shape index (κ3) is 4.01. The number of rotatable bonds is 6. The van der Waals surface area contributed by atoms with Gasteiger partial charge in [0.1, 0.15) is 10.6 Å². The van der Waals surface area contributed by atoms with E-state index in [4.69, 9.17) is 0 Å². The van der Waals surface area contributed by atoms with Crippen LogP contribution in [0, 0.1) is 0 Å². The van der Waals surface area contributed by atoms with E-state index in [1.807, 2.05) is 0 Å². The zero-order valence-corrected chi connectivity index (χ0v) is 16.9. The maximum atomic E-state index is 12.7. The van der Waals surface area contributed by atoms with E-state index in [0.29, 0.717) is 18.7 Å². The van der Waals surface area contributed by atoms with Gasteiger partial charge in [0.15, 0.2) is 0 Å². The van der Waals surface area contributed by atoms with Crippen LogP contribution in [-0.2, 0) is 21.4 Å². The SMILES string of the molecule is O=C(c1cc(S(=O)(=O)Nc2cccc(CN3C(=O)CNC3=O)c2)c[nH]1)N1CCCC1. The number of hydrogen-bond acceptors (Lipinski definition) is 5. The van der Waals surface area contributed by atoms with E-state index >= 15 is 0 Å². The molecular weight excluding hydrogens is 410 g/mol. The average molecular weight is 431 g/mol. The Kier molecular flexibility index (Phi) is 5.20. The third-order valence-corrected chi connectivity index (χ3v) is 6.41. The van der Waals surface area contributed by atoms with Crippen LogP contribution in [-0.4, -0.2) is 60.7 Å². The molecule has 0 spiro atoms. The van der Waals surface area contributed by atoms with Crippen LogP contribution >= 0.6 is 0 Å². The number of benzene rings is 1. The largest absolute Gasteiger partial charge is 0.356 e. The van der Waals surface area contributed by atoms with E-state index in [2.05, 4.69) is 15.0 Å². The highest BCUT2D eigenvalue weighted by molar-refractivity contribution is 7.92. The number of hydrogen-bond donors (Lipinski definition) is 3. The van der Waals surface area contributed by atoms with Crippen molar-refractivity contribution < 1.29 is 22.8 Å². The van der Waals surface area contributed by atoms with Crippen molar-refractivity contribution in [3.63, 3.8) is 0 Å². The van der Waals surface area contributed by atoms with E-state index in [1.165, 1.54) is 12.3 Å². The summed E-state index contributed by atoms with van der Waals surface area (Å²) in [5.41, 5.74) is 1.11. The Labute approximate surface area is 173 Å². The Bertz CT molecular complexity index is 1090. The standard InChI is InChI=1S/C19H21N5O5S/c25-17-11-21-19(27)24(17)12-13-4-3-5-14(8-13)22-30(28,29)15-9-16(20-10-15)18(26)23-6-1-2-7-23/h3-5,8-10,20,22H,1-2,6-7,11-12H2,(H,21,27). The van der Waals surface area contributed by atoms with Crippen LogP contribution in [0.1, 0.15) is 28.9 Å². The van der Waals surface area contributed by atoms with Gasteiger partial charge in [0, 0.05) is 25.0 Å². The molecule has 0 radical (unpaired) electrons. The Morgan fingerprint density at radius 3 is 2.60 bits per heavy atom. The minimum Gasteiger partial charge on any atom is -0.356 e. The number of aromatic nitrogens is 1. The number of H-pyrrole nitrogens is 1. The zero-order valence-electron chi connectivity index (χ0n) is 16.1. The Balaban J connectivity index is 1.48. The molecule has 0 bridgehead atoms. The summed E-state index contributed by atoms with van der Waals surface area (Å²) in [5, 5.41) is 2.44. The molecule has 10 nitrogen and oxygen atoms in total. The number of urea groups is 1. The van der Waals surface area contributed by atoms with Crippen LogP contribution in [0.5, 0.6) is 0 Å². The molecule has 30 heavy (non-hydrogen) atoms. The van der Waals surface area contributed by atoms with Gasteiger partial charge in [-0.3, -0.25) is 19.2 Å². The number of imide groups is 1. The first-order chi connectivity index (χ1) is 14.3. The second kappa shape index (κ2) is 7.82. The fourth-order valence-electron chi connectivity index (χ4n) is 3.49. The molecule has 1 aromatic carbocycles. The highest BCUT2D eigenvalue weighted by atomic mass is 32.2. The first-order valence-electron chi connectivity index (χ1n) is 9.51. The van der Waals surface area contributed by atoms with Gasteiger partial charge in [0.05, 0.1) is 13.1 Å².